The molecular weight excluding hydrogens is 343 g/mol. The molecule has 0 aliphatic heterocycles. The van der Waals surface area contributed by atoms with Gasteiger partial charge in [-0.15, -0.1) is 0 Å². The van der Waals surface area contributed by atoms with Crippen molar-refractivity contribution < 1.29 is 9.18 Å². The van der Waals surface area contributed by atoms with Gasteiger partial charge in [-0.1, -0.05) is 24.3 Å². The van der Waals surface area contributed by atoms with Gasteiger partial charge in [-0.3, -0.25) is 4.79 Å². The molecule has 0 atom stereocenters. The zero-order chi connectivity index (χ0) is 19.6. The maximum atomic E-state index is 13.0. The number of nitrogens with zero attached hydrogens (tertiary/aromatic N) is 2. The number of rotatable bonds is 7. The Hall–Kier alpha value is -2.89. The van der Waals surface area contributed by atoms with Gasteiger partial charge in [-0.2, -0.15) is 0 Å². The van der Waals surface area contributed by atoms with Gasteiger partial charge in [0, 0.05) is 32.7 Å². The van der Waals surface area contributed by atoms with Crippen LogP contribution in [0.4, 0.5) is 4.39 Å². The molecule has 0 aromatic heterocycles. The second kappa shape index (κ2) is 10.3. The van der Waals surface area contributed by atoms with Crippen molar-refractivity contribution in [2.24, 2.45) is 4.99 Å². The Kier molecular flexibility index (Phi) is 7.79. The number of benzene rings is 2. The van der Waals surface area contributed by atoms with E-state index in [1.807, 2.05) is 31.2 Å². The van der Waals surface area contributed by atoms with Crippen LogP contribution in [0.5, 0.6) is 0 Å². The summed E-state index contributed by atoms with van der Waals surface area (Å²) in [6, 6.07) is 14.0. The zero-order valence-electron chi connectivity index (χ0n) is 16.1. The van der Waals surface area contributed by atoms with Crippen LogP contribution < -0.4 is 10.6 Å². The van der Waals surface area contributed by atoms with E-state index < -0.39 is 0 Å². The third-order valence-corrected chi connectivity index (χ3v) is 3.96. The van der Waals surface area contributed by atoms with Crippen LogP contribution in [-0.2, 0) is 13.0 Å². The van der Waals surface area contributed by atoms with E-state index in [4.69, 9.17) is 0 Å². The van der Waals surface area contributed by atoms with Gasteiger partial charge in [0.25, 0.3) is 5.91 Å². The van der Waals surface area contributed by atoms with Gasteiger partial charge in [-0.05, 0) is 48.7 Å². The predicted molar refractivity (Wildman–Crippen MR) is 107 cm³/mol. The third kappa shape index (κ3) is 6.73. The number of halogens is 1. The first-order valence-corrected chi connectivity index (χ1v) is 9.07. The van der Waals surface area contributed by atoms with Crippen LogP contribution in [0.15, 0.2) is 53.5 Å². The number of hydrogen-bond acceptors (Lipinski definition) is 2. The standard InChI is InChI=1S/C21H27FN4O/c1-4-23-21(25-15-17-8-10-19(22)11-9-17)24-13-12-16-6-5-7-18(14-16)20(27)26(2)3/h5-11,14H,4,12-13,15H2,1-3H3,(H2,23,24,25). The van der Waals surface area contributed by atoms with Gasteiger partial charge in [-0.25, -0.2) is 9.38 Å². The van der Waals surface area contributed by atoms with E-state index in [2.05, 4.69) is 15.6 Å². The summed E-state index contributed by atoms with van der Waals surface area (Å²) in [4.78, 5) is 18.2. The normalized spacial score (nSPS) is 11.2. The number of guanidine groups is 1. The van der Waals surface area contributed by atoms with Gasteiger partial charge in [0.2, 0.25) is 0 Å². The summed E-state index contributed by atoms with van der Waals surface area (Å²) in [6.45, 7) is 3.92. The van der Waals surface area contributed by atoms with Gasteiger partial charge in [0.05, 0.1) is 6.54 Å². The van der Waals surface area contributed by atoms with Crippen LogP contribution in [0.3, 0.4) is 0 Å². The summed E-state index contributed by atoms with van der Waals surface area (Å²) in [5.41, 5.74) is 2.72. The molecule has 0 aliphatic rings. The molecule has 0 aliphatic carbocycles. The summed E-state index contributed by atoms with van der Waals surface area (Å²) >= 11 is 0. The number of hydrogen-bond donors (Lipinski definition) is 2. The van der Waals surface area contributed by atoms with Crippen LogP contribution in [0, 0.1) is 5.82 Å². The van der Waals surface area contributed by atoms with Gasteiger partial charge < -0.3 is 15.5 Å². The third-order valence-electron chi connectivity index (χ3n) is 3.96. The molecule has 6 heteroatoms. The lowest BCUT2D eigenvalue weighted by molar-refractivity contribution is 0.0827. The smallest absolute Gasteiger partial charge is 0.253 e. The summed E-state index contributed by atoms with van der Waals surface area (Å²) in [5.74, 6) is 0.462. The molecule has 2 N–H and O–H groups in total. The van der Waals surface area contributed by atoms with Crippen molar-refractivity contribution in [3.63, 3.8) is 0 Å². The fraction of sp³-hybridized carbons (Fsp3) is 0.333. The van der Waals surface area contributed by atoms with Crippen molar-refractivity contribution >= 4 is 11.9 Å². The van der Waals surface area contributed by atoms with E-state index >= 15 is 0 Å². The highest BCUT2D eigenvalue weighted by atomic mass is 19.1. The van der Waals surface area contributed by atoms with Crippen LogP contribution >= 0.6 is 0 Å². The Morgan fingerprint density at radius 3 is 2.48 bits per heavy atom. The largest absolute Gasteiger partial charge is 0.357 e. The van der Waals surface area contributed by atoms with Crippen molar-refractivity contribution in [3.8, 4) is 0 Å². The Morgan fingerprint density at radius 2 is 1.81 bits per heavy atom. The Morgan fingerprint density at radius 1 is 1.07 bits per heavy atom. The van der Waals surface area contributed by atoms with Crippen LogP contribution in [0.2, 0.25) is 0 Å². The summed E-state index contributed by atoms with van der Waals surface area (Å²) < 4.78 is 13.0. The summed E-state index contributed by atoms with van der Waals surface area (Å²) in [7, 11) is 3.49. The molecule has 1 amide bonds. The van der Waals surface area contributed by atoms with Crippen molar-refractivity contribution in [2.45, 2.75) is 19.9 Å². The van der Waals surface area contributed by atoms with Crippen molar-refractivity contribution in [1.82, 2.24) is 15.5 Å². The number of aliphatic imine (C=N–C) groups is 1. The minimum Gasteiger partial charge on any atom is -0.357 e. The molecule has 0 saturated carbocycles. The number of carbonyl (C=O) groups excluding carboxylic acids is 1. The number of nitrogens with one attached hydrogen (secondary N) is 2. The monoisotopic (exact) mass is 370 g/mol. The predicted octanol–water partition coefficient (Wildman–Crippen LogP) is 2.83. The minimum atomic E-state index is -0.247. The fourth-order valence-corrected chi connectivity index (χ4v) is 2.55. The zero-order valence-corrected chi connectivity index (χ0v) is 16.1. The summed E-state index contributed by atoms with van der Waals surface area (Å²) in [6.07, 6.45) is 0.773. The molecule has 0 heterocycles. The maximum Gasteiger partial charge on any atom is 0.253 e. The molecule has 0 unspecified atom stereocenters. The lowest BCUT2D eigenvalue weighted by Crippen LogP contribution is -2.38. The van der Waals surface area contributed by atoms with Crippen molar-refractivity contribution in [2.75, 3.05) is 27.2 Å². The van der Waals surface area contributed by atoms with Crippen molar-refractivity contribution in [3.05, 3.63) is 71.0 Å². The quantitative estimate of drug-likeness (QED) is 0.582. The average molecular weight is 370 g/mol. The first-order valence-electron chi connectivity index (χ1n) is 9.07. The van der Waals surface area contributed by atoms with Crippen LogP contribution in [-0.4, -0.2) is 44.0 Å². The Balaban J connectivity index is 1.92. The molecule has 2 aromatic rings. The Bertz CT molecular complexity index is 772. The molecule has 5 nitrogen and oxygen atoms in total. The average Bonchev–Trinajstić information content (AvgIpc) is 2.67. The second-order valence-electron chi connectivity index (χ2n) is 6.40. The highest BCUT2D eigenvalue weighted by Crippen LogP contribution is 2.08. The lowest BCUT2D eigenvalue weighted by atomic mass is 10.1. The van der Waals surface area contributed by atoms with E-state index in [1.54, 1.807) is 31.1 Å². The Labute approximate surface area is 160 Å². The molecule has 0 spiro atoms. The minimum absolute atomic E-state index is 0.000918. The first-order chi connectivity index (χ1) is 13.0. The molecule has 0 fully saturated rings. The maximum absolute atomic E-state index is 13.0. The summed E-state index contributed by atoms with van der Waals surface area (Å²) in [5, 5.41) is 6.49. The molecule has 0 saturated heterocycles. The topological polar surface area (TPSA) is 56.7 Å². The number of carbonyl (C=O) groups is 1. The van der Waals surface area contributed by atoms with Gasteiger partial charge in [0.15, 0.2) is 5.96 Å². The molecule has 0 radical (unpaired) electrons. The van der Waals surface area contributed by atoms with Crippen LogP contribution in [0.1, 0.15) is 28.4 Å². The van der Waals surface area contributed by atoms with E-state index in [-0.39, 0.29) is 11.7 Å². The SMILES string of the molecule is CCNC(=NCc1ccc(F)cc1)NCCc1cccc(C(=O)N(C)C)c1. The van der Waals surface area contributed by atoms with E-state index in [0.717, 1.165) is 24.1 Å². The highest BCUT2D eigenvalue weighted by Gasteiger charge is 2.08. The molecular formula is C21H27FN4O. The lowest BCUT2D eigenvalue weighted by Gasteiger charge is -2.13. The molecule has 0 bridgehead atoms. The number of amides is 1. The van der Waals surface area contributed by atoms with E-state index in [0.29, 0.717) is 24.6 Å². The molecule has 144 valence electrons. The second-order valence-corrected chi connectivity index (χ2v) is 6.40. The van der Waals surface area contributed by atoms with Crippen LogP contribution in [0.25, 0.3) is 0 Å². The van der Waals surface area contributed by atoms with E-state index in [9.17, 15) is 9.18 Å². The van der Waals surface area contributed by atoms with Crippen molar-refractivity contribution in [1.29, 1.82) is 0 Å². The van der Waals surface area contributed by atoms with E-state index in [1.165, 1.54) is 12.1 Å². The first kappa shape index (κ1) is 20.4. The van der Waals surface area contributed by atoms with Gasteiger partial charge in [0.1, 0.15) is 5.82 Å². The molecule has 2 aromatic carbocycles. The molecule has 27 heavy (non-hydrogen) atoms. The molecule has 2 rings (SSSR count). The highest BCUT2D eigenvalue weighted by molar-refractivity contribution is 5.94. The van der Waals surface area contributed by atoms with Gasteiger partial charge >= 0.3 is 0 Å². The fourth-order valence-electron chi connectivity index (χ4n) is 2.55.